The molecule has 0 spiro atoms. The summed E-state index contributed by atoms with van der Waals surface area (Å²) >= 11 is 0. The smallest absolute Gasteiger partial charge is 0.226 e. The number of amides is 1. The molecule has 0 radical (unpaired) electrons. The Morgan fingerprint density at radius 1 is 1.24 bits per heavy atom. The van der Waals surface area contributed by atoms with Gasteiger partial charge in [-0.3, -0.25) is 4.79 Å². The van der Waals surface area contributed by atoms with E-state index in [4.69, 9.17) is 4.74 Å². The number of pyridine rings is 1. The molecule has 1 amide bonds. The predicted molar refractivity (Wildman–Crippen MR) is 93.6 cm³/mol. The Morgan fingerprint density at radius 3 is 2.60 bits per heavy atom. The summed E-state index contributed by atoms with van der Waals surface area (Å²) < 4.78 is 18.6. The monoisotopic (exact) mass is 342 g/mol. The van der Waals surface area contributed by atoms with Gasteiger partial charge in [0.05, 0.1) is 11.5 Å². The molecule has 2 aromatic rings. The van der Waals surface area contributed by atoms with Crippen LogP contribution in [0.4, 0.5) is 4.39 Å². The van der Waals surface area contributed by atoms with Gasteiger partial charge in [0.15, 0.2) is 0 Å². The van der Waals surface area contributed by atoms with Crippen molar-refractivity contribution >= 4 is 5.91 Å². The van der Waals surface area contributed by atoms with E-state index in [-0.39, 0.29) is 23.2 Å². The first kappa shape index (κ1) is 17.4. The number of hydrogen-bond acceptors (Lipinski definition) is 3. The third kappa shape index (κ3) is 4.56. The number of rotatable bonds is 7. The molecular weight excluding hydrogens is 319 g/mol. The van der Waals surface area contributed by atoms with E-state index in [2.05, 4.69) is 10.3 Å². The molecule has 5 heteroatoms. The minimum atomic E-state index is -0.345. The van der Waals surface area contributed by atoms with E-state index in [1.807, 2.05) is 26.0 Å². The zero-order valence-electron chi connectivity index (χ0n) is 14.6. The van der Waals surface area contributed by atoms with Crippen LogP contribution in [0.3, 0.4) is 0 Å². The van der Waals surface area contributed by atoms with Crippen molar-refractivity contribution in [3.8, 4) is 5.88 Å². The Labute approximate surface area is 147 Å². The van der Waals surface area contributed by atoms with Crippen molar-refractivity contribution in [3.63, 3.8) is 0 Å². The lowest BCUT2D eigenvalue weighted by molar-refractivity contribution is -0.126. The van der Waals surface area contributed by atoms with Gasteiger partial charge in [0.25, 0.3) is 0 Å². The van der Waals surface area contributed by atoms with Gasteiger partial charge in [-0.25, -0.2) is 9.37 Å². The van der Waals surface area contributed by atoms with E-state index in [1.54, 1.807) is 18.3 Å². The van der Waals surface area contributed by atoms with Crippen molar-refractivity contribution < 1.29 is 13.9 Å². The topological polar surface area (TPSA) is 51.2 Å². The summed E-state index contributed by atoms with van der Waals surface area (Å²) in [5, 5.41) is 3.02. The zero-order chi connectivity index (χ0) is 17.9. The van der Waals surface area contributed by atoms with E-state index in [9.17, 15) is 9.18 Å². The first-order chi connectivity index (χ1) is 12.0. The molecule has 0 unspecified atom stereocenters. The van der Waals surface area contributed by atoms with Crippen molar-refractivity contribution in [1.29, 1.82) is 0 Å². The molecule has 3 rings (SSSR count). The van der Waals surface area contributed by atoms with Gasteiger partial charge in [0.1, 0.15) is 5.82 Å². The molecule has 0 saturated heterocycles. The number of carbonyl (C=O) groups is 1. The largest absolute Gasteiger partial charge is 0.475 e. The van der Waals surface area contributed by atoms with Crippen molar-refractivity contribution in [1.82, 2.24) is 10.3 Å². The standard InChI is InChI=1S/C20H23FN2O2/c1-14(2)25-18-11-16(7-10-22-18)13-23-19(24)20(8-9-20)12-15-3-5-17(21)6-4-15/h3-7,10-11,14H,8-9,12-13H2,1-2H3,(H,23,24). The molecule has 0 atom stereocenters. The maximum atomic E-state index is 13.0. The van der Waals surface area contributed by atoms with Gasteiger partial charge in [0, 0.05) is 18.8 Å². The number of nitrogens with zero attached hydrogens (tertiary/aromatic N) is 1. The highest BCUT2D eigenvalue weighted by molar-refractivity contribution is 5.85. The molecule has 1 fully saturated rings. The Hall–Kier alpha value is -2.43. The molecule has 1 saturated carbocycles. The maximum absolute atomic E-state index is 13.0. The molecule has 1 aromatic heterocycles. The van der Waals surface area contributed by atoms with Gasteiger partial charge in [0.2, 0.25) is 11.8 Å². The minimum absolute atomic E-state index is 0.0555. The Kier molecular flexibility index (Phi) is 5.02. The summed E-state index contributed by atoms with van der Waals surface area (Å²) in [6.07, 6.45) is 4.13. The van der Waals surface area contributed by atoms with Crippen molar-refractivity contribution in [2.75, 3.05) is 0 Å². The fraction of sp³-hybridized carbons (Fsp3) is 0.400. The zero-order valence-corrected chi connectivity index (χ0v) is 14.6. The summed E-state index contributed by atoms with van der Waals surface area (Å²) in [6.45, 7) is 4.34. The summed E-state index contributed by atoms with van der Waals surface area (Å²) in [7, 11) is 0. The third-order valence-corrected chi connectivity index (χ3v) is 4.40. The van der Waals surface area contributed by atoms with E-state index < -0.39 is 0 Å². The number of nitrogens with one attached hydrogen (secondary N) is 1. The van der Waals surface area contributed by atoms with Crippen LogP contribution in [0.15, 0.2) is 42.6 Å². The highest BCUT2D eigenvalue weighted by atomic mass is 19.1. The summed E-state index contributed by atoms with van der Waals surface area (Å²) in [5.74, 6) is 0.365. The molecule has 1 aliphatic carbocycles. The van der Waals surface area contributed by atoms with Gasteiger partial charge in [-0.15, -0.1) is 0 Å². The molecule has 0 bridgehead atoms. The van der Waals surface area contributed by atoms with Gasteiger partial charge >= 0.3 is 0 Å². The second kappa shape index (κ2) is 7.21. The molecule has 1 aromatic carbocycles. The first-order valence-electron chi connectivity index (χ1n) is 8.61. The van der Waals surface area contributed by atoms with Crippen LogP contribution in [0.5, 0.6) is 5.88 Å². The predicted octanol–water partition coefficient (Wildman–Crippen LogP) is 3.65. The normalized spacial score (nSPS) is 15.0. The Balaban J connectivity index is 1.58. The van der Waals surface area contributed by atoms with Crippen molar-refractivity contribution in [2.45, 2.75) is 45.8 Å². The average Bonchev–Trinajstić information content (AvgIpc) is 3.35. The van der Waals surface area contributed by atoms with E-state index in [0.29, 0.717) is 18.8 Å². The molecule has 1 aliphatic rings. The first-order valence-corrected chi connectivity index (χ1v) is 8.61. The van der Waals surface area contributed by atoms with Crippen LogP contribution in [0.2, 0.25) is 0 Å². The van der Waals surface area contributed by atoms with E-state index >= 15 is 0 Å². The highest BCUT2D eigenvalue weighted by Gasteiger charge is 2.49. The summed E-state index contributed by atoms with van der Waals surface area (Å²) in [4.78, 5) is 16.8. The molecular formula is C20H23FN2O2. The highest BCUT2D eigenvalue weighted by Crippen LogP contribution is 2.48. The van der Waals surface area contributed by atoms with Gasteiger partial charge in [-0.05, 0) is 62.4 Å². The summed E-state index contributed by atoms with van der Waals surface area (Å²) in [5.41, 5.74) is 1.60. The molecule has 4 nitrogen and oxygen atoms in total. The molecule has 0 aliphatic heterocycles. The number of benzene rings is 1. The molecule has 25 heavy (non-hydrogen) atoms. The lowest BCUT2D eigenvalue weighted by atomic mass is 9.95. The van der Waals surface area contributed by atoms with Crippen molar-refractivity contribution in [3.05, 3.63) is 59.5 Å². The van der Waals surface area contributed by atoms with Crippen LogP contribution in [0.25, 0.3) is 0 Å². The lowest BCUT2D eigenvalue weighted by Crippen LogP contribution is -2.33. The maximum Gasteiger partial charge on any atom is 0.226 e. The number of halogens is 1. The van der Waals surface area contributed by atoms with Gasteiger partial charge in [-0.1, -0.05) is 12.1 Å². The van der Waals surface area contributed by atoms with Gasteiger partial charge in [-0.2, -0.15) is 0 Å². The summed E-state index contributed by atoms with van der Waals surface area (Å²) in [6, 6.07) is 10.1. The third-order valence-electron chi connectivity index (χ3n) is 4.40. The SMILES string of the molecule is CC(C)Oc1cc(CNC(=O)C2(Cc3ccc(F)cc3)CC2)ccn1. The van der Waals surface area contributed by atoms with Crippen LogP contribution in [-0.4, -0.2) is 17.0 Å². The van der Waals surface area contributed by atoms with Crippen LogP contribution in [0.1, 0.15) is 37.8 Å². The molecule has 132 valence electrons. The fourth-order valence-corrected chi connectivity index (χ4v) is 2.86. The van der Waals surface area contributed by atoms with Crippen molar-refractivity contribution in [2.24, 2.45) is 5.41 Å². The quantitative estimate of drug-likeness (QED) is 0.836. The Morgan fingerprint density at radius 2 is 1.96 bits per heavy atom. The second-order valence-electron chi connectivity index (χ2n) is 6.94. The van der Waals surface area contributed by atoms with E-state index in [0.717, 1.165) is 24.0 Å². The lowest BCUT2D eigenvalue weighted by Gasteiger charge is -2.16. The fourth-order valence-electron chi connectivity index (χ4n) is 2.86. The average molecular weight is 342 g/mol. The molecule has 1 N–H and O–H groups in total. The van der Waals surface area contributed by atoms with Crippen LogP contribution in [-0.2, 0) is 17.8 Å². The van der Waals surface area contributed by atoms with E-state index in [1.165, 1.54) is 12.1 Å². The van der Waals surface area contributed by atoms with Crippen LogP contribution < -0.4 is 10.1 Å². The number of carbonyl (C=O) groups excluding carboxylic acids is 1. The number of ether oxygens (including phenoxy) is 1. The van der Waals surface area contributed by atoms with Crippen LogP contribution in [0, 0.1) is 11.2 Å². The number of aromatic nitrogens is 1. The van der Waals surface area contributed by atoms with Crippen LogP contribution >= 0.6 is 0 Å². The van der Waals surface area contributed by atoms with Gasteiger partial charge < -0.3 is 10.1 Å². The minimum Gasteiger partial charge on any atom is -0.475 e. The second-order valence-corrected chi connectivity index (χ2v) is 6.94. The molecule has 1 heterocycles. The Bertz CT molecular complexity index is 740. The number of hydrogen-bond donors (Lipinski definition) is 1.